The molecule has 0 aliphatic heterocycles. The van der Waals surface area contributed by atoms with Gasteiger partial charge in [-0.2, -0.15) is 0 Å². The predicted molar refractivity (Wildman–Crippen MR) is 77.6 cm³/mol. The lowest BCUT2D eigenvalue weighted by Crippen LogP contribution is -2.46. The number of rotatable bonds is 6. The number of carbonyl (C=O) groups is 2. The molecule has 2 amide bonds. The summed E-state index contributed by atoms with van der Waals surface area (Å²) in [6.45, 7) is 5.21. The number of benzene rings is 1. The summed E-state index contributed by atoms with van der Waals surface area (Å²) in [6.07, 6.45) is 1.01. The minimum Gasteiger partial charge on any atom is -0.480 e. The van der Waals surface area contributed by atoms with E-state index >= 15 is 0 Å². The van der Waals surface area contributed by atoms with E-state index in [1.165, 1.54) is 6.07 Å². The maximum Gasteiger partial charge on any atom is 0.326 e. The molecule has 0 spiro atoms. The highest BCUT2D eigenvalue weighted by atomic mass is 19.1. The summed E-state index contributed by atoms with van der Waals surface area (Å²) in [5.74, 6) is -1.41. The number of hydrogen-bond acceptors (Lipinski definition) is 2. The van der Waals surface area contributed by atoms with Crippen molar-refractivity contribution in [2.24, 2.45) is 0 Å². The van der Waals surface area contributed by atoms with E-state index in [0.29, 0.717) is 24.0 Å². The highest BCUT2D eigenvalue weighted by molar-refractivity contribution is 5.82. The average Bonchev–Trinajstić information content (AvgIpc) is 2.41. The summed E-state index contributed by atoms with van der Waals surface area (Å²) >= 11 is 0. The Morgan fingerprint density at radius 2 is 2.00 bits per heavy atom. The van der Waals surface area contributed by atoms with E-state index in [1.807, 2.05) is 6.92 Å². The van der Waals surface area contributed by atoms with Crippen LogP contribution in [0.25, 0.3) is 0 Å². The third kappa shape index (κ3) is 5.06. The molecular formula is C15H21FN2O3. The fourth-order valence-corrected chi connectivity index (χ4v) is 1.90. The van der Waals surface area contributed by atoms with Gasteiger partial charge in [0.05, 0.1) is 6.04 Å². The van der Waals surface area contributed by atoms with E-state index in [2.05, 4.69) is 10.6 Å². The summed E-state index contributed by atoms with van der Waals surface area (Å²) in [5, 5.41) is 14.0. The van der Waals surface area contributed by atoms with Gasteiger partial charge in [0.15, 0.2) is 0 Å². The van der Waals surface area contributed by atoms with Gasteiger partial charge in [0.2, 0.25) is 0 Å². The molecule has 1 aromatic carbocycles. The Morgan fingerprint density at radius 1 is 1.33 bits per heavy atom. The molecule has 0 heterocycles. The molecule has 5 nitrogen and oxygen atoms in total. The number of carbonyl (C=O) groups excluding carboxylic acids is 1. The second-order valence-electron chi connectivity index (χ2n) is 5.03. The lowest BCUT2D eigenvalue weighted by atomic mass is 10.1. The van der Waals surface area contributed by atoms with Crippen LogP contribution < -0.4 is 10.6 Å². The van der Waals surface area contributed by atoms with Crippen LogP contribution in [0.5, 0.6) is 0 Å². The Bertz CT molecular complexity index is 520. The van der Waals surface area contributed by atoms with Crippen molar-refractivity contribution in [3.63, 3.8) is 0 Å². The van der Waals surface area contributed by atoms with Crippen LogP contribution >= 0.6 is 0 Å². The topological polar surface area (TPSA) is 78.4 Å². The van der Waals surface area contributed by atoms with Gasteiger partial charge in [-0.1, -0.05) is 25.5 Å². The highest BCUT2D eigenvalue weighted by Crippen LogP contribution is 2.16. The quantitative estimate of drug-likeness (QED) is 0.755. The van der Waals surface area contributed by atoms with E-state index in [1.54, 1.807) is 26.0 Å². The van der Waals surface area contributed by atoms with Crippen molar-refractivity contribution in [2.75, 3.05) is 0 Å². The van der Waals surface area contributed by atoms with Crippen molar-refractivity contribution in [2.45, 2.75) is 45.7 Å². The molecule has 0 saturated carbocycles. The molecule has 0 aromatic heterocycles. The van der Waals surface area contributed by atoms with Crippen LogP contribution in [0.3, 0.4) is 0 Å². The van der Waals surface area contributed by atoms with Gasteiger partial charge in [-0.05, 0) is 37.5 Å². The lowest BCUT2D eigenvalue weighted by molar-refractivity contribution is -0.139. The van der Waals surface area contributed by atoms with Crippen LogP contribution in [0, 0.1) is 12.7 Å². The Hall–Kier alpha value is -2.11. The number of aliphatic carboxylic acids is 1. The van der Waals surface area contributed by atoms with Crippen LogP contribution in [-0.4, -0.2) is 23.1 Å². The summed E-state index contributed by atoms with van der Waals surface area (Å²) in [5.41, 5.74) is 1.15. The van der Waals surface area contributed by atoms with E-state index in [4.69, 9.17) is 5.11 Å². The number of carboxylic acids is 1. The SMILES string of the molecule is CCC[C@@H](NC(=O)NC(C)c1ccc(C)c(F)c1)C(=O)O. The van der Waals surface area contributed by atoms with Gasteiger partial charge in [-0.3, -0.25) is 0 Å². The van der Waals surface area contributed by atoms with Crippen molar-refractivity contribution >= 4 is 12.0 Å². The molecule has 21 heavy (non-hydrogen) atoms. The molecule has 1 rings (SSSR count). The smallest absolute Gasteiger partial charge is 0.326 e. The zero-order valence-corrected chi connectivity index (χ0v) is 12.4. The first kappa shape index (κ1) is 16.9. The van der Waals surface area contributed by atoms with Gasteiger partial charge < -0.3 is 15.7 Å². The Balaban J connectivity index is 2.64. The number of halogens is 1. The first-order valence-corrected chi connectivity index (χ1v) is 6.91. The highest BCUT2D eigenvalue weighted by Gasteiger charge is 2.20. The van der Waals surface area contributed by atoms with E-state index < -0.39 is 24.1 Å². The molecule has 0 saturated heterocycles. The van der Waals surface area contributed by atoms with Crippen molar-refractivity contribution in [1.29, 1.82) is 0 Å². The van der Waals surface area contributed by atoms with E-state index in [0.717, 1.165) is 0 Å². The maximum absolute atomic E-state index is 13.5. The first-order valence-electron chi connectivity index (χ1n) is 6.91. The van der Waals surface area contributed by atoms with Crippen molar-refractivity contribution in [3.05, 3.63) is 35.1 Å². The number of amides is 2. The Kier molecular flexibility index (Phi) is 6.14. The molecule has 0 bridgehead atoms. The Morgan fingerprint density at radius 3 is 2.52 bits per heavy atom. The molecule has 1 unspecified atom stereocenters. The van der Waals surface area contributed by atoms with Crippen molar-refractivity contribution in [3.8, 4) is 0 Å². The standard InChI is InChI=1S/C15H21FN2O3/c1-4-5-13(14(19)20)18-15(21)17-10(3)11-7-6-9(2)12(16)8-11/h6-8,10,13H,4-5H2,1-3H3,(H,19,20)(H2,17,18,21)/t10?,13-/m1/s1. The fourth-order valence-electron chi connectivity index (χ4n) is 1.90. The molecule has 1 aromatic rings. The number of aryl methyl sites for hydroxylation is 1. The van der Waals surface area contributed by atoms with Crippen molar-refractivity contribution < 1.29 is 19.1 Å². The van der Waals surface area contributed by atoms with Gasteiger partial charge in [0.1, 0.15) is 11.9 Å². The average molecular weight is 296 g/mol. The summed E-state index contributed by atoms with van der Waals surface area (Å²) in [7, 11) is 0. The molecule has 116 valence electrons. The summed E-state index contributed by atoms with van der Waals surface area (Å²) in [6, 6.07) is 2.81. The van der Waals surface area contributed by atoms with Crippen molar-refractivity contribution in [1.82, 2.24) is 10.6 Å². The number of carboxylic acid groups (broad SMARTS) is 1. The van der Waals surface area contributed by atoms with Crippen LogP contribution in [0.1, 0.15) is 43.9 Å². The van der Waals surface area contributed by atoms with Gasteiger partial charge >= 0.3 is 12.0 Å². The molecule has 0 radical (unpaired) electrons. The van der Waals surface area contributed by atoms with Crippen LogP contribution in [0.2, 0.25) is 0 Å². The normalized spacial score (nSPS) is 13.3. The summed E-state index contributed by atoms with van der Waals surface area (Å²) in [4.78, 5) is 22.8. The number of urea groups is 1. The van der Waals surface area contributed by atoms with E-state index in [9.17, 15) is 14.0 Å². The second-order valence-corrected chi connectivity index (χ2v) is 5.03. The van der Waals surface area contributed by atoms with Crippen LogP contribution in [0.15, 0.2) is 18.2 Å². The predicted octanol–water partition coefficient (Wildman–Crippen LogP) is 2.75. The van der Waals surface area contributed by atoms with Gasteiger partial charge in [-0.25, -0.2) is 14.0 Å². The third-order valence-corrected chi connectivity index (χ3v) is 3.22. The minimum absolute atomic E-state index is 0.337. The molecular weight excluding hydrogens is 275 g/mol. The van der Waals surface area contributed by atoms with Gasteiger partial charge in [-0.15, -0.1) is 0 Å². The number of nitrogens with one attached hydrogen (secondary N) is 2. The monoisotopic (exact) mass is 296 g/mol. The fraction of sp³-hybridized carbons (Fsp3) is 0.467. The lowest BCUT2D eigenvalue weighted by Gasteiger charge is -2.18. The van der Waals surface area contributed by atoms with Gasteiger partial charge in [0.25, 0.3) is 0 Å². The van der Waals surface area contributed by atoms with Crippen LogP contribution in [-0.2, 0) is 4.79 Å². The molecule has 2 atom stereocenters. The first-order chi connectivity index (χ1) is 9.85. The second kappa shape index (κ2) is 7.61. The van der Waals surface area contributed by atoms with Gasteiger partial charge in [0, 0.05) is 0 Å². The molecule has 0 aliphatic rings. The zero-order valence-electron chi connectivity index (χ0n) is 12.4. The van der Waals surface area contributed by atoms with E-state index in [-0.39, 0.29) is 5.82 Å². The Labute approximate surface area is 123 Å². The third-order valence-electron chi connectivity index (χ3n) is 3.22. The molecule has 3 N–H and O–H groups in total. The largest absolute Gasteiger partial charge is 0.480 e. The van der Waals surface area contributed by atoms with Crippen LogP contribution in [0.4, 0.5) is 9.18 Å². The molecule has 0 fully saturated rings. The minimum atomic E-state index is -1.07. The summed E-state index contributed by atoms with van der Waals surface area (Å²) < 4.78 is 13.5. The number of hydrogen-bond donors (Lipinski definition) is 3. The zero-order chi connectivity index (χ0) is 16.0. The molecule has 6 heteroatoms. The molecule has 0 aliphatic carbocycles. The maximum atomic E-state index is 13.5.